The number of hydrogen-bond acceptors (Lipinski definition) is 1. The average molecular weight is 273 g/mol. The first-order chi connectivity index (χ1) is 6.65. The Balaban J connectivity index is 2.69. The molecule has 0 radical (unpaired) electrons. The summed E-state index contributed by atoms with van der Waals surface area (Å²) in [6, 6.07) is 4.58. The molecule has 0 aliphatic rings. The summed E-state index contributed by atoms with van der Waals surface area (Å²) in [6.45, 7) is 4.32. The van der Waals surface area contributed by atoms with Gasteiger partial charge in [-0.2, -0.15) is 11.8 Å². The molecule has 1 aromatic carbocycles. The van der Waals surface area contributed by atoms with Gasteiger partial charge < -0.3 is 0 Å². The lowest BCUT2D eigenvalue weighted by Gasteiger charge is -2.07. The van der Waals surface area contributed by atoms with Gasteiger partial charge in [0, 0.05) is 4.47 Å². The second kappa shape index (κ2) is 5.82. The summed E-state index contributed by atoms with van der Waals surface area (Å²) >= 11 is 5.51. The largest absolute Gasteiger partial charge is 0.165 e. The van der Waals surface area contributed by atoms with Gasteiger partial charge in [0.25, 0.3) is 0 Å². The molecule has 0 amide bonds. The van der Waals surface area contributed by atoms with Crippen LogP contribution in [-0.2, 0) is 6.42 Å². The minimum atomic E-state index is 1.20. The van der Waals surface area contributed by atoms with Gasteiger partial charge in [-0.05, 0) is 55.4 Å². The Bertz CT molecular complexity index is 284. The molecule has 1 aromatic rings. The molecule has 0 aromatic heterocycles. The summed E-state index contributed by atoms with van der Waals surface area (Å²) < 4.78 is 1.26. The second-order valence-electron chi connectivity index (χ2n) is 3.64. The summed E-state index contributed by atoms with van der Waals surface area (Å²) in [5, 5.41) is 0. The van der Waals surface area contributed by atoms with E-state index < -0.39 is 0 Å². The Labute approximate surface area is 99.6 Å². The van der Waals surface area contributed by atoms with Crippen molar-refractivity contribution in [3.05, 3.63) is 33.3 Å². The van der Waals surface area contributed by atoms with Crippen LogP contribution < -0.4 is 0 Å². The molecule has 0 spiro atoms. The number of benzene rings is 1. The van der Waals surface area contributed by atoms with Crippen LogP contribution in [0.3, 0.4) is 0 Å². The fourth-order valence-electron chi connectivity index (χ4n) is 1.60. The molecular formula is C12H17BrS. The standard InChI is InChI=1S/C12H17BrS/c1-9-7-11(5-4-6-14-3)8-10(2)12(9)13/h7-8H,4-6H2,1-3H3. The number of hydrogen-bond donors (Lipinski definition) is 0. The molecule has 0 atom stereocenters. The van der Waals surface area contributed by atoms with E-state index in [1.54, 1.807) is 0 Å². The van der Waals surface area contributed by atoms with E-state index in [9.17, 15) is 0 Å². The zero-order valence-electron chi connectivity index (χ0n) is 9.06. The van der Waals surface area contributed by atoms with Crippen LogP contribution in [0.2, 0.25) is 0 Å². The molecule has 0 saturated heterocycles. The Hall–Kier alpha value is 0.0500. The Morgan fingerprint density at radius 2 is 1.79 bits per heavy atom. The van der Waals surface area contributed by atoms with Gasteiger partial charge in [-0.25, -0.2) is 0 Å². The van der Waals surface area contributed by atoms with Gasteiger partial charge in [0.1, 0.15) is 0 Å². The maximum absolute atomic E-state index is 3.59. The van der Waals surface area contributed by atoms with E-state index in [4.69, 9.17) is 0 Å². The van der Waals surface area contributed by atoms with Gasteiger partial charge in [-0.15, -0.1) is 0 Å². The molecule has 0 fully saturated rings. The van der Waals surface area contributed by atoms with Crippen LogP contribution in [0.4, 0.5) is 0 Å². The molecular weight excluding hydrogens is 256 g/mol. The third-order valence-electron chi connectivity index (χ3n) is 2.31. The molecule has 0 aliphatic heterocycles. The molecule has 0 bridgehead atoms. The molecule has 0 nitrogen and oxygen atoms in total. The van der Waals surface area contributed by atoms with E-state index in [2.05, 4.69) is 48.2 Å². The highest BCUT2D eigenvalue weighted by Crippen LogP contribution is 2.23. The molecule has 1 rings (SSSR count). The maximum atomic E-state index is 3.59. The lowest BCUT2D eigenvalue weighted by molar-refractivity contribution is 0.929. The lowest BCUT2D eigenvalue weighted by Crippen LogP contribution is -1.91. The summed E-state index contributed by atoms with van der Waals surface area (Å²) in [6.07, 6.45) is 4.65. The van der Waals surface area contributed by atoms with Crippen molar-refractivity contribution in [3.8, 4) is 0 Å². The van der Waals surface area contributed by atoms with Gasteiger partial charge in [0.2, 0.25) is 0 Å². The van der Waals surface area contributed by atoms with Gasteiger partial charge in [-0.1, -0.05) is 28.1 Å². The Morgan fingerprint density at radius 1 is 1.21 bits per heavy atom. The van der Waals surface area contributed by atoms with Crippen LogP contribution in [0.5, 0.6) is 0 Å². The van der Waals surface area contributed by atoms with E-state index in [0.717, 1.165) is 0 Å². The number of rotatable bonds is 4. The first-order valence-electron chi connectivity index (χ1n) is 4.89. The maximum Gasteiger partial charge on any atom is 0.0233 e. The van der Waals surface area contributed by atoms with Crippen LogP contribution in [-0.4, -0.2) is 12.0 Å². The summed E-state index contributed by atoms with van der Waals surface area (Å²) in [4.78, 5) is 0. The highest BCUT2D eigenvalue weighted by molar-refractivity contribution is 9.10. The summed E-state index contributed by atoms with van der Waals surface area (Å²) in [7, 11) is 0. The summed E-state index contributed by atoms with van der Waals surface area (Å²) in [5.41, 5.74) is 4.17. The van der Waals surface area contributed by atoms with Crippen molar-refractivity contribution in [3.63, 3.8) is 0 Å². The second-order valence-corrected chi connectivity index (χ2v) is 5.42. The van der Waals surface area contributed by atoms with Crippen LogP contribution in [0.25, 0.3) is 0 Å². The number of halogens is 1. The Kier molecular flexibility index (Phi) is 5.04. The lowest BCUT2D eigenvalue weighted by atomic mass is 10.0. The number of aryl methyl sites for hydroxylation is 3. The quantitative estimate of drug-likeness (QED) is 0.734. The highest BCUT2D eigenvalue weighted by atomic mass is 79.9. The van der Waals surface area contributed by atoms with Gasteiger partial charge >= 0.3 is 0 Å². The van der Waals surface area contributed by atoms with Crippen molar-refractivity contribution >= 4 is 27.7 Å². The monoisotopic (exact) mass is 272 g/mol. The fraction of sp³-hybridized carbons (Fsp3) is 0.500. The van der Waals surface area contributed by atoms with Crippen molar-refractivity contribution in [1.82, 2.24) is 0 Å². The SMILES string of the molecule is CSCCCc1cc(C)c(Br)c(C)c1. The van der Waals surface area contributed by atoms with Crippen LogP contribution in [0.15, 0.2) is 16.6 Å². The highest BCUT2D eigenvalue weighted by Gasteiger charge is 2.01. The molecule has 14 heavy (non-hydrogen) atoms. The van der Waals surface area contributed by atoms with Crippen LogP contribution in [0, 0.1) is 13.8 Å². The van der Waals surface area contributed by atoms with Crippen molar-refractivity contribution in [2.24, 2.45) is 0 Å². The molecule has 0 unspecified atom stereocenters. The van der Waals surface area contributed by atoms with Crippen LogP contribution in [0.1, 0.15) is 23.1 Å². The smallest absolute Gasteiger partial charge is 0.0233 e. The van der Waals surface area contributed by atoms with E-state index in [1.807, 2.05) is 11.8 Å². The molecule has 0 N–H and O–H groups in total. The zero-order valence-corrected chi connectivity index (χ0v) is 11.5. The van der Waals surface area contributed by atoms with Crippen LogP contribution >= 0.6 is 27.7 Å². The zero-order chi connectivity index (χ0) is 10.6. The minimum absolute atomic E-state index is 1.20. The minimum Gasteiger partial charge on any atom is -0.165 e. The first kappa shape index (κ1) is 12.1. The van der Waals surface area contributed by atoms with Gasteiger partial charge in [-0.3, -0.25) is 0 Å². The third-order valence-corrected chi connectivity index (χ3v) is 4.26. The Morgan fingerprint density at radius 3 is 2.29 bits per heavy atom. The molecule has 0 aliphatic carbocycles. The van der Waals surface area contributed by atoms with Crippen molar-refractivity contribution in [1.29, 1.82) is 0 Å². The van der Waals surface area contributed by atoms with Gasteiger partial charge in [0.05, 0.1) is 0 Å². The predicted octanol–water partition coefficient (Wildman–Crippen LogP) is 4.36. The van der Waals surface area contributed by atoms with Crippen molar-refractivity contribution in [2.75, 3.05) is 12.0 Å². The number of thioether (sulfide) groups is 1. The summed E-state index contributed by atoms with van der Waals surface area (Å²) in [5.74, 6) is 1.26. The van der Waals surface area contributed by atoms with Gasteiger partial charge in [0.15, 0.2) is 0 Å². The first-order valence-corrected chi connectivity index (χ1v) is 7.08. The van der Waals surface area contributed by atoms with Crippen molar-refractivity contribution in [2.45, 2.75) is 26.7 Å². The van der Waals surface area contributed by atoms with E-state index in [0.29, 0.717) is 0 Å². The topological polar surface area (TPSA) is 0 Å². The molecule has 78 valence electrons. The molecule has 0 saturated carbocycles. The average Bonchev–Trinajstić information content (AvgIpc) is 2.14. The van der Waals surface area contributed by atoms with E-state index in [1.165, 1.54) is 39.8 Å². The van der Waals surface area contributed by atoms with E-state index >= 15 is 0 Å². The normalized spacial score (nSPS) is 10.6. The predicted molar refractivity (Wildman–Crippen MR) is 70.3 cm³/mol. The molecule has 0 heterocycles. The van der Waals surface area contributed by atoms with Crippen molar-refractivity contribution < 1.29 is 0 Å². The fourth-order valence-corrected chi connectivity index (χ4v) is 2.26. The van der Waals surface area contributed by atoms with E-state index in [-0.39, 0.29) is 0 Å². The third kappa shape index (κ3) is 3.32. The molecule has 2 heteroatoms.